The third-order valence-electron chi connectivity index (χ3n) is 2.65. The van der Waals surface area contributed by atoms with Crippen molar-refractivity contribution >= 4 is 5.97 Å². The number of rotatable bonds is 3. The first-order chi connectivity index (χ1) is 9.24. The molecule has 0 fully saturated rings. The smallest absolute Gasteiger partial charge is 0.341 e. The summed E-state index contributed by atoms with van der Waals surface area (Å²) in [5, 5.41) is 10.6. The lowest BCUT2D eigenvalue weighted by Crippen LogP contribution is -2.20. The van der Waals surface area contributed by atoms with Crippen LogP contribution in [0.3, 0.4) is 0 Å². The van der Waals surface area contributed by atoms with Gasteiger partial charge in [0.1, 0.15) is 18.0 Å². The molecule has 3 rings (SSSR count). The number of benzene rings is 1. The summed E-state index contributed by atoms with van der Waals surface area (Å²) in [6.07, 6.45) is 1.48. The number of aromatic nitrogens is 1. The van der Waals surface area contributed by atoms with Crippen molar-refractivity contribution in [2.24, 2.45) is 9.98 Å². The topological polar surface area (TPSA) is 84.1 Å². The predicted molar refractivity (Wildman–Crippen MR) is 64.9 cm³/mol. The van der Waals surface area contributed by atoms with Gasteiger partial charge in [0, 0.05) is 12.3 Å². The Labute approximate surface area is 107 Å². The first-order valence-corrected chi connectivity index (χ1v) is 5.59. The quantitative estimate of drug-likeness (QED) is 0.878. The average Bonchev–Trinajstić information content (AvgIpc) is 2.86. The molecular weight excluding hydrogens is 246 g/mol. The first kappa shape index (κ1) is 11.3. The highest BCUT2D eigenvalue weighted by Crippen LogP contribution is 2.21. The van der Waals surface area contributed by atoms with Gasteiger partial charge in [-0.1, -0.05) is 0 Å². The molecule has 0 aliphatic carbocycles. The lowest BCUT2D eigenvalue weighted by Gasteiger charge is -2.06. The van der Waals surface area contributed by atoms with E-state index in [-0.39, 0.29) is 11.4 Å². The molecule has 1 aromatic heterocycles. The van der Waals surface area contributed by atoms with E-state index in [4.69, 9.17) is 9.84 Å². The molecule has 1 aliphatic heterocycles. The van der Waals surface area contributed by atoms with Crippen molar-refractivity contribution in [2.75, 3.05) is 6.67 Å². The van der Waals surface area contributed by atoms with Gasteiger partial charge < -0.3 is 9.84 Å². The second-order valence-electron chi connectivity index (χ2n) is 3.87. The van der Waals surface area contributed by atoms with Crippen molar-refractivity contribution in [3.8, 4) is 11.6 Å². The normalized spacial score (nSPS) is 12.2. The summed E-state index contributed by atoms with van der Waals surface area (Å²) in [6, 6.07) is 8.20. The van der Waals surface area contributed by atoms with Crippen LogP contribution in [0.4, 0.5) is 0 Å². The van der Waals surface area contributed by atoms with E-state index >= 15 is 0 Å². The summed E-state index contributed by atoms with van der Waals surface area (Å²) in [4.78, 5) is 23.3. The fourth-order valence-corrected chi connectivity index (χ4v) is 1.76. The second kappa shape index (κ2) is 4.49. The van der Waals surface area contributed by atoms with Crippen molar-refractivity contribution in [2.45, 2.75) is 0 Å². The fourth-order valence-electron chi connectivity index (χ4n) is 1.76. The Kier molecular flexibility index (Phi) is 2.68. The lowest BCUT2D eigenvalue weighted by atomic mass is 10.2. The van der Waals surface area contributed by atoms with Crippen molar-refractivity contribution in [3.63, 3.8) is 0 Å². The van der Waals surface area contributed by atoms with Crippen LogP contribution in [-0.2, 0) is 0 Å². The van der Waals surface area contributed by atoms with Crippen molar-refractivity contribution in [1.82, 2.24) is 4.98 Å². The summed E-state index contributed by atoms with van der Waals surface area (Å²) in [5.74, 6) is -0.533. The van der Waals surface area contributed by atoms with E-state index in [1.807, 2.05) is 0 Å². The maximum atomic E-state index is 11.0. The van der Waals surface area contributed by atoms with Gasteiger partial charge in [0.25, 0.3) is 0 Å². The van der Waals surface area contributed by atoms with E-state index in [0.717, 1.165) is 10.7 Å². The van der Waals surface area contributed by atoms with Crippen molar-refractivity contribution in [1.29, 1.82) is 0 Å². The standard InChI is InChI=1S/C13H9N3O3/c17-13(18)9-2-1-5-14-12(9)19-8-3-4-10-11(6-8)16-7-15-10/h1-6H,7H2,(H,17,18). The number of aromatic carboxylic acids is 1. The van der Waals surface area contributed by atoms with Crippen LogP contribution < -0.4 is 15.5 Å². The van der Waals surface area contributed by atoms with Gasteiger partial charge in [-0.3, -0.25) is 9.98 Å². The van der Waals surface area contributed by atoms with Gasteiger partial charge in [0.05, 0.1) is 10.7 Å². The summed E-state index contributed by atoms with van der Waals surface area (Å²) >= 11 is 0. The number of hydrogen-bond donors (Lipinski definition) is 1. The number of carboxylic acid groups (broad SMARTS) is 1. The Hall–Kier alpha value is -2.76. The van der Waals surface area contributed by atoms with Crippen LogP contribution in [-0.4, -0.2) is 22.7 Å². The highest BCUT2D eigenvalue weighted by molar-refractivity contribution is 5.90. The van der Waals surface area contributed by atoms with Gasteiger partial charge in [0.2, 0.25) is 5.88 Å². The van der Waals surface area contributed by atoms with Gasteiger partial charge >= 0.3 is 5.97 Å². The largest absolute Gasteiger partial charge is 0.477 e. The molecule has 0 radical (unpaired) electrons. The molecular formula is C13H9N3O3. The van der Waals surface area contributed by atoms with Gasteiger partial charge in [-0.2, -0.15) is 0 Å². The van der Waals surface area contributed by atoms with E-state index in [1.165, 1.54) is 12.3 Å². The average molecular weight is 255 g/mol. The van der Waals surface area contributed by atoms with E-state index < -0.39 is 5.97 Å². The number of pyridine rings is 1. The van der Waals surface area contributed by atoms with Gasteiger partial charge in [-0.25, -0.2) is 9.78 Å². The molecule has 0 saturated heterocycles. The SMILES string of the molecule is O=C(O)c1cccnc1Oc1ccc2c(c1)=NCN=2. The summed E-state index contributed by atoms with van der Waals surface area (Å²) in [6.45, 7) is 0.419. The number of hydrogen-bond acceptors (Lipinski definition) is 5. The van der Waals surface area contributed by atoms with Crippen LogP contribution >= 0.6 is 0 Å². The Morgan fingerprint density at radius 2 is 2.05 bits per heavy atom. The molecule has 0 amide bonds. The Morgan fingerprint density at radius 3 is 2.89 bits per heavy atom. The molecule has 1 aromatic carbocycles. The van der Waals surface area contributed by atoms with Crippen molar-refractivity contribution < 1.29 is 14.6 Å². The molecule has 6 nitrogen and oxygen atoms in total. The van der Waals surface area contributed by atoms with Gasteiger partial charge in [-0.05, 0) is 24.3 Å². The monoisotopic (exact) mass is 255 g/mol. The molecule has 1 aliphatic rings. The Balaban J connectivity index is 1.99. The maximum absolute atomic E-state index is 11.0. The van der Waals surface area contributed by atoms with E-state index in [9.17, 15) is 4.79 Å². The predicted octanol–water partition coefficient (Wildman–Crippen LogP) is 0.782. The number of nitrogens with zero attached hydrogens (tertiary/aromatic N) is 3. The van der Waals surface area contributed by atoms with Crippen LogP contribution in [0.5, 0.6) is 11.6 Å². The maximum Gasteiger partial charge on any atom is 0.341 e. The van der Waals surface area contributed by atoms with Crippen LogP contribution in [0.1, 0.15) is 10.4 Å². The molecule has 6 heteroatoms. The van der Waals surface area contributed by atoms with Gasteiger partial charge in [0.15, 0.2) is 0 Å². The van der Waals surface area contributed by atoms with Crippen LogP contribution in [0.25, 0.3) is 0 Å². The van der Waals surface area contributed by atoms with E-state index in [0.29, 0.717) is 12.4 Å². The van der Waals surface area contributed by atoms with Gasteiger partial charge in [-0.15, -0.1) is 0 Å². The molecule has 94 valence electrons. The summed E-state index contributed by atoms with van der Waals surface area (Å²) in [5.41, 5.74) is 0.0182. The Morgan fingerprint density at radius 1 is 1.21 bits per heavy atom. The minimum absolute atomic E-state index is 0.0182. The number of fused-ring (bicyclic) bond motifs is 1. The molecule has 0 bridgehead atoms. The number of carboxylic acids is 1. The minimum Gasteiger partial charge on any atom is -0.477 e. The lowest BCUT2D eigenvalue weighted by molar-refractivity contribution is 0.0693. The molecule has 0 atom stereocenters. The fraction of sp³-hybridized carbons (Fsp3) is 0.0769. The molecule has 19 heavy (non-hydrogen) atoms. The molecule has 2 heterocycles. The molecule has 0 spiro atoms. The van der Waals surface area contributed by atoms with E-state index in [2.05, 4.69) is 15.0 Å². The Bertz CT molecular complexity index is 771. The van der Waals surface area contributed by atoms with Crippen LogP contribution in [0, 0.1) is 0 Å². The molecule has 0 saturated carbocycles. The van der Waals surface area contributed by atoms with Crippen LogP contribution in [0.15, 0.2) is 46.5 Å². The zero-order valence-electron chi connectivity index (χ0n) is 9.78. The van der Waals surface area contributed by atoms with E-state index in [1.54, 1.807) is 24.3 Å². The summed E-state index contributed by atoms with van der Waals surface area (Å²) < 4.78 is 5.50. The molecule has 2 aromatic rings. The highest BCUT2D eigenvalue weighted by Gasteiger charge is 2.12. The third-order valence-corrected chi connectivity index (χ3v) is 2.65. The number of carbonyl (C=O) groups is 1. The minimum atomic E-state index is -1.08. The summed E-state index contributed by atoms with van der Waals surface area (Å²) in [7, 11) is 0. The third kappa shape index (κ3) is 2.15. The number of ether oxygens (including phenoxy) is 1. The molecule has 1 N–H and O–H groups in total. The second-order valence-corrected chi connectivity index (χ2v) is 3.87. The van der Waals surface area contributed by atoms with Crippen LogP contribution in [0.2, 0.25) is 0 Å². The zero-order chi connectivity index (χ0) is 13.2. The highest BCUT2D eigenvalue weighted by atomic mass is 16.5. The first-order valence-electron chi connectivity index (χ1n) is 5.59. The zero-order valence-corrected chi connectivity index (χ0v) is 9.78. The van der Waals surface area contributed by atoms with Crippen molar-refractivity contribution in [3.05, 3.63) is 52.8 Å². The molecule has 0 unspecified atom stereocenters.